The van der Waals surface area contributed by atoms with Crippen LogP contribution in [0.3, 0.4) is 0 Å². The van der Waals surface area contributed by atoms with Crippen LogP contribution in [-0.4, -0.2) is 27.7 Å². The molecule has 8 heteroatoms. The van der Waals surface area contributed by atoms with E-state index in [-0.39, 0.29) is 28.2 Å². The molecule has 0 fully saturated rings. The zero-order chi connectivity index (χ0) is 20.9. The molecule has 2 N–H and O–H groups in total. The number of halogens is 1. The number of amides is 1. The van der Waals surface area contributed by atoms with Crippen molar-refractivity contribution in [3.8, 4) is 5.75 Å². The summed E-state index contributed by atoms with van der Waals surface area (Å²) in [4.78, 5) is 12.9. The molecule has 0 aliphatic carbocycles. The maximum absolute atomic E-state index is 12.9. The van der Waals surface area contributed by atoms with E-state index in [0.717, 1.165) is 24.0 Å². The van der Waals surface area contributed by atoms with Crippen molar-refractivity contribution in [2.24, 2.45) is 5.92 Å². The highest BCUT2D eigenvalue weighted by Gasteiger charge is 2.20. The van der Waals surface area contributed by atoms with Gasteiger partial charge in [-0.15, -0.1) is 0 Å². The Morgan fingerprint density at radius 1 is 1.14 bits per heavy atom. The van der Waals surface area contributed by atoms with Gasteiger partial charge in [-0.3, -0.25) is 9.52 Å². The Kier molecular flexibility index (Phi) is 7.32. The Balaban J connectivity index is 2.28. The van der Waals surface area contributed by atoms with Crippen LogP contribution in [0.25, 0.3) is 0 Å². The molecule has 0 aliphatic heterocycles. The van der Waals surface area contributed by atoms with Crippen molar-refractivity contribution in [2.75, 3.05) is 18.1 Å². The number of anilines is 1. The van der Waals surface area contributed by atoms with Crippen LogP contribution in [0, 0.1) is 5.92 Å². The summed E-state index contributed by atoms with van der Waals surface area (Å²) in [5, 5.41) is 3.25. The van der Waals surface area contributed by atoms with Crippen molar-refractivity contribution in [2.45, 2.75) is 26.3 Å². The number of benzene rings is 2. The lowest BCUT2D eigenvalue weighted by Crippen LogP contribution is -2.30. The second kappa shape index (κ2) is 9.30. The fourth-order valence-electron chi connectivity index (χ4n) is 2.80. The molecule has 6 nitrogen and oxygen atoms in total. The van der Waals surface area contributed by atoms with E-state index in [1.165, 1.54) is 18.2 Å². The van der Waals surface area contributed by atoms with E-state index < -0.39 is 10.0 Å². The molecule has 1 atom stereocenters. The predicted octanol–water partition coefficient (Wildman–Crippen LogP) is 4.24. The van der Waals surface area contributed by atoms with Crippen LogP contribution in [0.2, 0.25) is 5.02 Å². The maximum atomic E-state index is 12.9. The molecule has 0 bridgehead atoms. The summed E-state index contributed by atoms with van der Waals surface area (Å²) in [6.07, 6.45) is 1.78. The van der Waals surface area contributed by atoms with Crippen LogP contribution in [0.4, 0.5) is 5.69 Å². The first-order chi connectivity index (χ1) is 13.1. The third-order valence-corrected chi connectivity index (χ3v) is 4.98. The summed E-state index contributed by atoms with van der Waals surface area (Å²) >= 11 is 6.18. The fraction of sp³-hybridized carbons (Fsp3) is 0.350. The average Bonchev–Trinajstić information content (AvgIpc) is 2.61. The van der Waals surface area contributed by atoms with Gasteiger partial charge in [-0.25, -0.2) is 8.42 Å². The number of rotatable bonds is 8. The van der Waals surface area contributed by atoms with Crippen LogP contribution < -0.4 is 14.8 Å². The summed E-state index contributed by atoms with van der Waals surface area (Å²) in [5.41, 5.74) is 1.43. The van der Waals surface area contributed by atoms with Gasteiger partial charge in [0, 0.05) is 5.69 Å². The number of hydrogen-bond acceptors (Lipinski definition) is 4. The van der Waals surface area contributed by atoms with E-state index in [4.69, 9.17) is 16.3 Å². The minimum atomic E-state index is -3.46. The lowest BCUT2D eigenvalue weighted by atomic mass is 9.96. The van der Waals surface area contributed by atoms with Crippen molar-refractivity contribution in [1.29, 1.82) is 0 Å². The van der Waals surface area contributed by atoms with Gasteiger partial charge in [-0.05, 0) is 48.2 Å². The standard InChI is InChI=1S/C20H25ClN2O4S/c1-13(2)11-19(14-5-8-16(27-3)9-6-14)22-20(24)17-12-15(7-10-18(17)21)23-28(4,25)26/h5-10,12-13,19,23H,11H2,1-4H3,(H,22,24)/t19-/m1/s1. The summed E-state index contributed by atoms with van der Waals surface area (Å²) in [6, 6.07) is 11.7. The number of carbonyl (C=O) groups excluding carboxylic acids is 1. The van der Waals surface area contributed by atoms with Gasteiger partial charge in [-0.2, -0.15) is 0 Å². The number of hydrogen-bond donors (Lipinski definition) is 2. The maximum Gasteiger partial charge on any atom is 0.253 e. The molecule has 2 rings (SSSR count). The van der Waals surface area contributed by atoms with Crippen LogP contribution >= 0.6 is 11.6 Å². The van der Waals surface area contributed by atoms with Crippen molar-refractivity contribution >= 4 is 33.2 Å². The first-order valence-electron chi connectivity index (χ1n) is 8.81. The van der Waals surface area contributed by atoms with Crippen molar-refractivity contribution < 1.29 is 17.9 Å². The van der Waals surface area contributed by atoms with E-state index in [0.29, 0.717) is 5.92 Å². The Labute approximate surface area is 171 Å². The molecule has 152 valence electrons. The van der Waals surface area contributed by atoms with Gasteiger partial charge in [0.05, 0.1) is 30.0 Å². The molecule has 0 radical (unpaired) electrons. The predicted molar refractivity (Wildman–Crippen MR) is 113 cm³/mol. The topological polar surface area (TPSA) is 84.5 Å². The van der Waals surface area contributed by atoms with Crippen LogP contribution in [0.1, 0.15) is 42.2 Å². The van der Waals surface area contributed by atoms with Gasteiger partial charge in [0.2, 0.25) is 10.0 Å². The van der Waals surface area contributed by atoms with Gasteiger partial charge in [-0.1, -0.05) is 37.6 Å². The molecule has 28 heavy (non-hydrogen) atoms. The second-order valence-electron chi connectivity index (χ2n) is 7.00. The Bertz CT molecular complexity index is 928. The molecule has 2 aromatic carbocycles. The van der Waals surface area contributed by atoms with E-state index in [9.17, 15) is 13.2 Å². The Hall–Kier alpha value is -2.25. The SMILES string of the molecule is COc1ccc([C@@H](CC(C)C)NC(=O)c2cc(NS(C)(=O)=O)ccc2Cl)cc1. The smallest absolute Gasteiger partial charge is 0.253 e. The summed E-state index contributed by atoms with van der Waals surface area (Å²) < 4.78 is 30.4. The zero-order valence-corrected chi connectivity index (χ0v) is 17.9. The molecule has 0 aliphatic rings. The number of nitrogens with one attached hydrogen (secondary N) is 2. The third kappa shape index (κ3) is 6.42. The molecule has 1 amide bonds. The summed E-state index contributed by atoms with van der Waals surface area (Å²) in [5.74, 6) is 0.714. The lowest BCUT2D eigenvalue weighted by Gasteiger charge is -2.22. The molecule has 0 heterocycles. The molecule has 0 unspecified atom stereocenters. The van der Waals surface area contributed by atoms with Crippen LogP contribution in [-0.2, 0) is 10.0 Å². The molecule has 0 saturated heterocycles. The largest absolute Gasteiger partial charge is 0.497 e. The zero-order valence-electron chi connectivity index (χ0n) is 16.3. The van der Waals surface area contributed by atoms with Gasteiger partial charge in [0.1, 0.15) is 5.75 Å². The fourth-order valence-corrected chi connectivity index (χ4v) is 3.56. The quantitative estimate of drug-likeness (QED) is 0.663. The van der Waals surface area contributed by atoms with Crippen LogP contribution in [0.15, 0.2) is 42.5 Å². The highest BCUT2D eigenvalue weighted by atomic mass is 35.5. The van der Waals surface area contributed by atoms with Crippen molar-refractivity contribution in [1.82, 2.24) is 5.32 Å². The normalized spacial score (nSPS) is 12.5. The van der Waals surface area contributed by atoms with E-state index in [1.54, 1.807) is 7.11 Å². The van der Waals surface area contributed by atoms with Crippen molar-refractivity contribution in [3.05, 3.63) is 58.6 Å². The minimum absolute atomic E-state index is 0.206. The van der Waals surface area contributed by atoms with E-state index >= 15 is 0 Å². The van der Waals surface area contributed by atoms with Crippen LogP contribution in [0.5, 0.6) is 5.75 Å². The number of methoxy groups -OCH3 is 1. The average molecular weight is 425 g/mol. The highest BCUT2D eigenvalue weighted by Crippen LogP contribution is 2.26. The Morgan fingerprint density at radius 2 is 1.79 bits per heavy atom. The van der Waals surface area contributed by atoms with E-state index in [1.807, 2.05) is 24.3 Å². The molecule has 2 aromatic rings. The summed E-state index contributed by atoms with van der Waals surface area (Å²) in [7, 11) is -1.86. The van der Waals surface area contributed by atoms with Crippen molar-refractivity contribution in [3.63, 3.8) is 0 Å². The first-order valence-corrected chi connectivity index (χ1v) is 11.1. The lowest BCUT2D eigenvalue weighted by molar-refractivity contribution is 0.0932. The molecular formula is C20H25ClN2O4S. The van der Waals surface area contributed by atoms with Gasteiger partial charge >= 0.3 is 0 Å². The van der Waals surface area contributed by atoms with E-state index in [2.05, 4.69) is 23.9 Å². The van der Waals surface area contributed by atoms with Gasteiger partial charge in [0.15, 0.2) is 0 Å². The molecule has 0 saturated carbocycles. The number of ether oxygens (including phenoxy) is 1. The molecular weight excluding hydrogens is 400 g/mol. The van der Waals surface area contributed by atoms with Gasteiger partial charge < -0.3 is 10.1 Å². The molecule has 0 aromatic heterocycles. The monoisotopic (exact) mass is 424 g/mol. The Morgan fingerprint density at radius 3 is 2.32 bits per heavy atom. The molecule has 0 spiro atoms. The summed E-state index contributed by atoms with van der Waals surface area (Å²) in [6.45, 7) is 4.15. The third-order valence-electron chi connectivity index (χ3n) is 4.04. The highest BCUT2D eigenvalue weighted by molar-refractivity contribution is 7.92. The minimum Gasteiger partial charge on any atom is -0.497 e. The second-order valence-corrected chi connectivity index (χ2v) is 9.15. The number of carbonyl (C=O) groups is 1. The first kappa shape index (κ1) is 22.0. The van der Waals surface area contributed by atoms with Gasteiger partial charge in [0.25, 0.3) is 5.91 Å². The number of sulfonamides is 1.